The number of hydrogen-bond acceptors (Lipinski definition) is 2. The Balaban J connectivity index is 2.09. The third kappa shape index (κ3) is 3.85. The molecular weight excluding hydrogens is 335 g/mol. The molecule has 7 heteroatoms. The molecular formula is C16H11F5OS. The molecule has 0 unspecified atom stereocenters. The Kier molecular flexibility index (Phi) is 5.65. The van der Waals surface area contributed by atoms with Crippen LogP contribution in [-0.4, -0.2) is 7.11 Å². The summed E-state index contributed by atoms with van der Waals surface area (Å²) in [6.07, 6.45) is 0.866. The average Bonchev–Trinajstić information content (AvgIpc) is 2.58. The minimum Gasteiger partial charge on any atom is -0.497 e. The molecule has 0 amide bonds. The lowest BCUT2D eigenvalue weighted by Gasteiger charge is -2.04. The van der Waals surface area contributed by atoms with E-state index >= 15 is 0 Å². The van der Waals surface area contributed by atoms with Crippen LogP contribution in [0.4, 0.5) is 22.0 Å². The quantitative estimate of drug-likeness (QED) is 0.413. The molecule has 23 heavy (non-hydrogen) atoms. The highest BCUT2D eigenvalue weighted by Gasteiger charge is 2.24. The highest BCUT2D eigenvalue weighted by molar-refractivity contribution is 8.01. The van der Waals surface area contributed by atoms with Gasteiger partial charge in [-0.3, -0.25) is 0 Å². The highest BCUT2D eigenvalue weighted by atomic mass is 32.2. The third-order valence-corrected chi connectivity index (χ3v) is 3.81. The van der Waals surface area contributed by atoms with Gasteiger partial charge >= 0.3 is 0 Å². The maximum Gasteiger partial charge on any atom is 0.200 e. The van der Waals surface area contributed by atoms with Gasteiger partial charge in [0, 0.05) is 5.75 Å². The number of methoxy groups -OCH3 is 1. The van der Waals surface area contributed by atoms with E-state index < -0.39 is 34.6 Å². The first-order chi connectivity index (χ1) is 11.0. The van der Waals surface area contributed by atoms with Crippen molar-refractivity contribution in [3.63, 3.8) is 0 Å². The van der Waals surface area contributed by atoms with Gasteiger partial charge in [-0.1, -0.05) is 12.1 Å². The number of hydrogen-bond donors (Lipinski definition) is 0. The van der Waals surface area contributed by atoms with Gasteiger partial charge in [-0.25, -0.2) is 22.0 Å². The maximum absolute atomic E-state index is 13.4. The van der Waals surface area contributed by atoms with Crippen molar-refractivity contribution in [1.82, 2.24) is 0 Å². The summed E-state index contributed by atoms with van der Waals surface area (Å²) in [5.74, 6) is -8.60. The molecule has 0 saturated carbocycles. The fourth-order valence-corrected chi connectivity index (χ4v) is 2.46. The minimum atomic E-state index is -2.16. The van der Waals surface area contributed by atoms with Crippen LogP contribution in [0.25, 0.3) is 6.08 Å². The largest absolute Gasteiger partial charge is 0.497 e. The molecule has 0 aliphatic heterocycles. The van der Waals surface area contributed by atoms with E-state index in [-0.39, 0.29) is 0 Å². The van der Waals surface area contributed by atoms with Crippen LogP contribution in [0.3, 0.4) is 0 Å². The summed E-state index contributed by atoms with van der Waals surface area (Å²) >= 11 is 1.15. The van der Waals surface area contributed by atoms with E-state index in [1.165, 1.54) is 12.5 Å². The predicted molar refractivity (Wildman–Crippen MR) is 79.6 cm³/mol. The average molecular weight is 346 g/mol. The standard InChI is InChI=1S/C16H11F5OS/c1-22-10-4-2-9(3-5-10)8-23-7-6-11-12(17)14(19)16(21)15(20)13(11)18/h2-7H,8H2,1H3. The Labute approximate surface area is 133 Å². The lowest BCUT2D eigenvalue weighted by atomic mass is 10.1. The summed E-state index contributed by atoms with van der Waals surface area (Å²) < 4.78 is 70.9. The summed E-state index contributed by atoms with van der Waals surface area (Å²) in [6.45, 7) is 0. The molecule has 0 aromatic heterocycles. The van der Waals surface area contributed by atoms with Gasteiger partial charge in [-0.2, -0.15) is 0 Å². The summed E-state index contributed by atoms with van der Waals surface area (Å²) in [4.78, 5) is 0. The number of halogens is 5. The SMILES string of the molecule is COc1ccc(CSC=Cc2c(F)c(F)c(F)c(F)c2F)cc1. The molecule has 122 valence electrons. The second kappa shape index (κ2) is 7.50. The second-order valence-electron chi connectivity index (χ2n) is 4.45. The normalized spacial score (nSPS) is 11.2. The molecule has 0 aliphatic carbocycles. The van der Waals surface area contributed by atoms with Gasteiger partial charge in [-0.05, 0) is 29.2 Å². The lowest BCUT2D eigenvalue weighted by Crippen LogP contribution is -2.03. The highest BCUT2D eigenvalue weighted by Crippen LogP contribution is 2.25. The Morgan fingerprint density at radius 1 is 0.870 bits per heavy atom. The van der Waals surface area contributed by atoms with E-state index in [1.54, 1.807) is 24.3 Å². The van der Waals surface area contributed by atoms with Gasteiger partial charge in [0.15, 0.2) is 23.3 Å². The van der Waals surface area contributed by atoms with Crippen molar-refractivity contribution in [3.05, 3.63) is 69.9 Å². The van der Waals surface area contributed by atoms with Crippen molar-refractivity contribution >= 4 is 17.8 Å². The van der Waals surface area contributed by atoms with Gasteiger partial charge < -0.3 is 4.74 Å². The number of ether oxygens (including phenoxy) is 1. The monoisotopic (exact) mass is 346 g/mol. The van der Waals surface area contributed by atoms with E-state index in [2.05, 4.69) is 0 Å². The van der Waals surface area contributed by atoms with E-state index in [4.69, 9.17) is 4.74 Å². The predicted octanol–water partition coefficient (Wildman–Crippen LogP) is 5.29. The summed E-state index contributed by atoms with van der Waals surface area (Å²) in [5.41, 5.74) is -0.0403. The molecule has 2 aromatic carbocycles. The first kappa shape index (κ1) is 17.3. The number of rotatable bonds is 5. The number of benzene rings is 2. The molecule has 0 aliphatic rings. The smallest absolute Gasteiger partial charge is 0.200 e. The molecule has 2 rings (SSSR count). The minimum absolute atomic E-state index is 0.468. The number of thioether (sulfide) groups is 1. The van der Waals surface area contributed by atoms with Crippen LogP contribution in [0, 0.1) is 29.1 Å². The zero-order chi connectivity index (χ0) is 17.0. The lowest BCUT2D eigenvalue weighted by molar-refractivity contribution is 0.377. The van der Waals surface area contributed by atoms with Crippen LogP contribution in [0.15, 0.2) is 29.7 Å². The summed E-state index contributed by atoms with van der Waals surface area (Å²) in [5, 5.41) is 1.28. The van der Waals surface area contributed by atoms with E-state index in [0.29, 0.717) is 11.5 Å². The van der Waals surface area contributed by atoms with Crippen LogP contribution < -0.4 is 4.74 Å². The van der Waals surface area contributed by atoms with Crippen LogP contribution in [0.2, 0.25) is 0 Å². The molecule has 0 N–H and O–H groups in total. The zero-order valence-electron chi connectivity index (χ0n) is 11.9. The van der Waals surface area contributed by atoms with Crippen LogP contribution in [0.1, 0.15) is 11.1 Å². The first-order valence-electron chi connectivity index (χ1n) is 6.38. The van der Waals surface area contributed by atoms with Crippen molar-refractivity contribution in [1.29, 1.82) is 0 Å². The summed E-state index contributed by atoms with van der Waals surface area (Å²) in [6, 6.07) is 7.11. The molecule has 0 bridgehead atoms. The second-order valence-corrected chi connectivity index (χ2v) is 5.34. The van der Waals surface area contributed by atoms with Crippen molar-refractivity contribution < 1.29 is 26.7 Å². The summed E-state index contributed by atoms with van der Waals surface area (Å²) in [7, 11) is 1.54. The zero-order valence-corrected chi connectivity index (χ0v) is 12.7. The Bertz CT molecular complexity index is 699. The molecule has 1 nitrogen and oxygen atoms in total. The van der Waals surface area contributed by atoms with Crippen molar-refractivity contribution in [2.75, 3.05) is 7.11 Å². The molecule has 0 radical (unpaired) electrons. The fraction of sp³-hybridized carbons (Fsp3) is 0.125. The van der Waals surface area contributed by atoms with Gasteiger partial charge in [0.25, 0.3) is 0 Å². The fourth-order valence-electron chi connectivity index (χ4n) is 1.75. The van der Waals surface area contributed by atoms with Crippen LogP contribution >= 0.6 is 11.8 Å². The topological polar surface area (TPSA) is 9.23 Å². The van der Waals surface area contributed by atoms with Gasteiger partial charge in [0.05, 0.1) is 12.7 Å². The molecule has 0 fully saturated rings. The Hall–Kier alpha value is -2.02. The molecule has 0 heterocycles. The van der Waals surface area contributed by atoms with Gasteiger partial charge in [0.2, 0.25) is 5.82 Å². The van der Waals surface area contributed by atoms with E-state index in [1.807, 2.05) is 0 Å². The van der Waals surface area contributed by atoms with Crippen molar-refractivity contribution in [2.24, 2.45) is 0 Å². The Morgan fingerprint density at radius 3 is 1.91 bits per heavy atom. The van der Waals surface area contributed by atoms with Crippen molar-refractivity contribution in [3.8, 4) is 5.75 Å². The molecule has 0 atom stereocenters. The molecule has 2 aromatic rings. The van der Waals surface area contributed by atoms with E-state index in [0.717, 1.165) is 23.4 Å². The Morgan fingerprint density at radius 2 is 1.39 bits per heavy atom. The van der Waals surface area contributed by atoms with Crippen LogP contribution in [0.5, 0.6) is 5.75 Å². The third-order valence-electron chi connectivity index (χ3n) is 2.98. The first-order valence-corrected chi connectivity index (χ1v) is 7.43. The molecule has 0 spiro atoms. The van der Waals surface area contributed by atoms with Crippen LogP contribution in [-0.2, 0) is 5.75 Å². The van der Waals surface area contributed by atoms with Gasteiger partial charge in [-0.15, -0.1) is 11.8 Å². The van der Waals surface area contributed by atoms with E-state index in [9.17, 15) is 22.0 Å². The molecule has 0 saturated heterocycles. The van der Waals surface area contributed by atoms with Gasteiger partial charge in [0.1, 0.15) is 5.75 Å². The van der Waals surface area contributed by atoms with Crippen molar-refractivity contribution in [2.45, 2.75) is 5.75 Å². The maximum atomic E-state index is 13.4.